The SMILES string of the molecule is C=CC(=O)Cc1cccc(-c2nc(Nc3cccc(N4CCC(C)CC4)c3)nc3n[nH]c(F)c23)c1. The lowest BCUT2D eigenvalue weighted by Crippen LogP contribution is -2.32. The highest BCUT2D eigenvalue weighted by molar-refractivity contribution is 5.93. The van der Waals surface area contributed by atoms with Crippen molar-refractivity contribution in [2.45, 2.75) is 26.2 Å². The van der Waals surface area contributed by atoms with E-state index in [9.17, 15) is 9.18 Å². The van der Waals surface area contributed by atoms with Crippen LogP contribution >= 0.6 is 0 Å². The molecule has 0 unspecified atom stereocenters. The Morgan fingerprint density at radius 3 is 2.80 bits per heavy atom. The standard InChI is InChI=1S/C27H27FN6O/c1-3-22(35)15-18-6-4-7-19(14-18)24-23-25(28)32-33-26(23)31-27(30-24)29-20-8-5-9-21(16-20)34-12-10-17(2)11-13-34/h3-9,14,16-17H,1,10-13,15H2,2H3,(H2,29,30,31,32,33). The maximum absolute atomic E-state index is 14.6. The summed E-state index contributed by atoms with van der Waals surface area (Å²) < 4.78 is 14.6. The van der Waals surface area contributed by atoms with E-state index in [0.29, 0.717) is 17.2 Å². The van der Waals surface area contributed by atoms with E-state index in [1.165, 1.54) is 18.9 Å². The number of hydrogen-bond donors (Lipinski definition) is 2. The molecule has 1 fully saturated rings. The number of aromatic amines is 1. The summed E-state index contributed by atoms with van der Waals surface area (Å²) in [4.78, 5) is 23.3. The van der Waals surface area contributed by atoms with Gasteiger partial charge in [-0.15, -0.1) is 0 Å². The van der Waals surface area contributed by atoms with Gasteiger partial charge in [-0.25, -0.2) is 4.98 Å². The number of fused-ring (bicyclic) bond motifs is 1. The van der Waals surface area contributed by atoms with Crippen LogP contribution in [0.25, 0.3) is 22.3 Å². The zero-order chi connectivity index (χ0) is 24.4. The van der Waals surface area contributed by atoms with Gasteiger partial charge in [0.25, 0.3) is 0 Å². The first kappa shape index (κ1) is 22.7. The molecule has 2 aromatic carbocycles. The summed E-state index contributed by atoms with van der Waals surface area (Å²) in [5, 5.41) is 9.87. The van der Waals surface area contributed by atoms with Gasteiger partial charge in [-0.05, 0) is 54.7 Å². The molecule has 1 saturated heterocycles. The minimum atomic E-state index is -0.601. The molecule has 0 atom stereocenters. The molecule has 5 rings (SSSR count). The Labute approximate surface area is 203 Å². The average Bonchev–Trinajstić information content (AvgIpc) is 3.24. The van der Waals surface area contributed by atoms with E-state index in [-0.39, 0.29) is 23.2 Å². The minimum Gasteiger partial charge on any atom is -0.371 e. The molecule has 178 valence electrons. The van der Waals surface area contributed by atoms with Crippen LogP contribution in [0.1, 0.15) is 25.3 Å². The molecule has 35 heavy (non-hydrogen) atoms. The van der Waals surface area contributed by atoms with Gasteiger partial charge in [0.1, 0.15) is 5.39 Å². The number of hydrogen-bond acceptors (Lipinski definition) is 6. The predicted octanol–water partition coefficient (Wildman–Crippen LogP) is 5.44. The number of nitrogens with zero attached hydrogens (tertiary/aromatic N) is 4. The Morgan fingerprint density at radius 2 is 2.00 bits per heavy atom. The molecule has 2 N–H and O–H groups in total. The number of nitrogens with one attached hydrogen (secondary N) is 2. The molecule has 0 radical (unpaired) electrons. The van der Waals surface area contributed by atoms with Crippen molar-refractivity contribution in [3.05, 3.63) is 72.7 Å². The maximum Gasteiger partial charge on any atom is 0.229 e. The van der Waals surface area contributed by atoms with Gasteiger partial charge >= 0.3 is 0 Å². The minimum absolute atomic E-state index is 0.0881. The zero-order valence-corrected chi connectivity index (χ0v) is 19.6. The monoisotopic (exact) mass is 470 g/mol. The number of rotatable bonds is 7. The van der Waals surface area contributed by atoms with Crippen LogP contribution in [-0.4, -0.2) is 39.0 Å². The third-order valence-corrected chi connectivity index (χ3v) is 6.43. The molecule has 8 heteroatoms. The summed E-state index contributed by atoms with van der Waals surface area (Å²) in [5.41, 5.74) is 4.08. The fourth-order valence-electron chi connectivity index (χ4n) is 4.43. The second kappa shape index (κ2) is 9.66. The summed E-state index contributed by atoms with van der Waals surface area (Å²) in [6.45, 7) is 7.90. The number of carbonyl (C=O) groups is 1. The Bertz CT molecular complexity index is 1390. The van der Waals surface area contributed by atoms with Gasteiger partial charge in [0.2, 0.25) is 11.9 Å². The molecular formula is C27H27FN6O. The fourth-order valence-corrected chi connectivity index (χ4v) is 4.43. The maximum atomic E-state index is 14.6. The highest BCUT2D eigenvalue weighted by Crippen LogP contribution is 2.31. The van der Waals surface area contributed by atoms with Gasteiger partial charge < -0.3 is 10.2 Å². The number of carbonyl (C=O) groups excluding carboxylic acids is 1. The van der Waals surface area contributed by atoms with Crippen molar-refractivity contribution in [3.8, 4) is 11.3 Å². The van der Waals surface area contributed by atoms with Crippen LogP contribution < -0.4 is 10.2 Å². The zero-order valence-electron chi connectivity index (χ0n) is 19.6. The lowest BCUT2D eigenvalue weighted by Gasteiger charge is -2.32. The van der Waals surface area contributed by atoms with Crippen LogP contribution in [0.5, 0.6) is 0 Å². The van der Waals surface area contributed by atoms with Gasteiger partial charge in [0.15, 0.2) is 11.4 Å². The van der Waals surface area contributed by atoms with Gasteiger partial charge in [-0.2, -0.15) is 14.5 Å². The number of allylic oxidation sites excluding steroid dienone is 1. The Morgan fingerprint density at radius 1 is 1.20 bits per heavy atom. The number of aromatic nitrogens is 4. The largest absolute Gasteiger partial charge is 0.371 e. The normalized spacial score (nSPS) is 14.3. The lowest BCUT2D eigenvalue weighted by atomic mass is 9.99. The quantitative estimate of drug-likeness (QED) is 0.350. The van der Waals surface area contributed by atoms with Gasteiger partial charge in [0, 0.05) is 36.4 Å². The smallest absolute Gasteiger partial charge is 0.229 e. The van der Waals surface area contributed by atoms with E-state index < -0.39 is 5.95 Å². The first-order chi connectivity index (χ1) is 17.0. The number of ketones is 1. The number of H-pyrrole nitrogens is 1. The first-order valence-electron chi connectivity index (χ1n) is 11.8. The van der Waals surface area contributed by atoms with Crippen molar-refractivity contribution in [2.75, 3.05) is 23.3 Å². The van der Waals surface area contributed by atoms with Crippen LogP contribution in [0, 0.1) is 11.9 Å². The van der Waals surface area contributed by atoms with E-state index in [1.807, 2.05) is 36.4 Å². The third kappa shape index (κ3) is 4.91. The number of piperidine rings is 1. The van der Waals surface area contributed by atoms with E-state index >= 15 is 0 Å². The predicted molar refractivity (Wildman–Crippen MR) is 136 cm³/mol. The Hall–Kier alpha value is -4.07. The van der Waals surface area contributed by atoms with Crippen molar-refractivity contribution in [3.63, 3.8) is 0 Å². The Kier molecular flexibility index (Phi) is 6.27. The molecule has 0 bridgehead atoms. The summed E-state index contributed by atoms with van der Waals surface area (Å²) >= 11 is 0. The molecule has 4 aromatic rings. The number of anilines is 3. The van der Waals surface area contributed by atoms with Gasteiger partial charge in [-0.1, -0.05) is 37.8 Å². The second-order valence-corrected chi connectivity index (χ2v) is 9.02. The van der Waals surface area contributed by atoms with E-state index in [4.69, 9.17) is 0 Å². The molecule has 3 heterocycles. The van der Waals surface area contributed by atoms with Gasteiger partial charge in [0.05, 0.1) is 5.69 Å². The molecule has 0 aliphatic carbocycles. The van der Waals surface area contributed by atoms with Crippen molar-refractivity contribution in [1.82, 2.24) is 20.2 Å². The number of benzene rings is 2. The summed E-state index contributed by atoms with van der Waals surface area (Å²) in [6, 6.07) is 15.5. The van der Waals surface area contributed by atoms with Crippen molar-refractivity contribution in [2.24, 2.45) is 5.92 Å². The molecule has 1 aliphatic heterocycles. The Balaban J connectivity index is 1.48. The van der Waals surface area contributed by atoms with E-state index in [0.717, 1.165) is 35.9 Å². The second-order valence-electron chi connectivity index (χ2n) is 9.02. The molecular weight excluding hydrogens is 443 g/mol. The highest BCUT2D eigenvalue weighted by atomic mass is 19.1. The van der Waals surface area contributed by atoms with Crippen LogP contribution in [-0.2, 0) is 11.2 Å². The van der Waals surface area contributed by atoms with E-state index in [1.54, 1.807) is 0 Å². The molecule has 0 saturated carbocycles. The molecule has 1 aliphatic rings. The molecule has 0 spiro atoms. The van der Waals surface area contributed by atoms with E-state index in [2.05, 4.69) is 56.0 Å². The van der Waals surface area contributed by atoms with Crippen LogP contribution in [0.2, 0.25) is 0 Å². The van der Waals surface area contributed by atoms with Crippen LogP contribution in [0.4, 0.5) is 21.7 Å². The van der Waals surface area contributed by atoms with Crippen LogP contribution in [0.15, 0.2) is 61.2 Å². The molecule has 2 aromatic heterocycles. The van der Waals surface area contributed by atoms with Crippen molar-refractivity contribution in [1.29, 1.82) is 0 Å². The molecule has 0 amide bonds. The van der Waals surface area contributed by atoms with Crippen molar-refractivity contribution >= 4 is 34.1 Å². The summed E-state index contributed by atoms with van der Waals surface area (Å²) in [5.74, 6) is 0.384. The summed E-state index contributed by atoms with van der Waals surface area (Å²) in [7, 11) is 0. The topological polar surface area (TPSA) is 86.8 Å². The number of halogens is 1. The summed E-state index contributed by atoms with van der Waals surface area (Å²) in [6.07, 6.45) is 3.88. The average molecular weight is 471 g/mol. The van der Waals surface area contributed by atoms with Crippen LogP contribution in [0.3, 0.4) is 0 Å². The lowest BCUT2D eigenvalue weighted by molar-refractivity contribution is -0.114. The fraction of sp³-hybridized carbons (Fsp3) is 0.259. The third-order valence-electron chi connectivity index (χ3n) is 6.43. The molecule has 7 nitrogen and oxygen atoms in total. The first-order valence-corrected chi connectivity index (χ1v) is 11.8. The van der Waals surface area contributed by atoms with Gasteiger partial charge in [-0.3, -0.25) is 9.89 Å². The van der Waals surface area contributed by atoms with Crippen molar-refractivity contribution < 1.29 is 9.18 Å². The highest BCUT2D eigenvalue weighted by Gasteiger charge is 2.19.